The van der Waals surface area contributed by atoms with Crippen LogP contribution in [0.2, 0.25) is 0 Å². The summed E-state index contributed by atoms with van der Waals surface area (Å²) >= 11 is 0. The molecule has 138 valence electrons. The van der Waals surface area contributed by atoms with Crippen molar-refractivity contribution in [3.63, 3.8) is 0 Å². The second kappa shape index (κ2) is 8.37. The van der Waals surface area contributed by atoms with E-state index in [0.29, 0.717) is 0 Å². The van der Waals surface area contributed by atoms with Crippen molar-refractivity contribution in [3.8, 4) is 0 Å². The van der Waals surface area contributed by atoms with Crippen molar-refractivity contribution < 1.29 is 4.74 Å². The van der Waals surface area contributed by atoms with Crippen LogP contribution >= 0.6 is 0 Å². The Morgan fingerprint density at radius 1 is 0.846 bits per heavy atom. The summed E-state index contributed by atoms with van der Waals surface area (Å²) in [6, 6.07) is 19.4. The number of rotatable bonds is 6. The first kappa shape index (κ1) is 17.8. The van der Waals surface area contributed by atoms with E-state index in [-0.39, 0.29) is 6.10 Å². The number of benzene rings is 2. The van der Waals surface area contributed by atoms with E-state index in [1.165, 1.54) is 55.5 Å². The van der Waals surface area contributed by atoms with Gasteiger partial charge in [0.05, 0.1) is 6.61 Å². The van der Waals surface area contributed by atoms with Crippen LogP contribution in [-0.2, 0) is 4.74 Å². The van der Waals surface area contributed by atoms with Crippen molar-refractivity contribution >= 4 is 0 Å². The molecule has 1 atom stereocenters. The minimum Gasteiger partial charge on any atom is -0.367 e. The molecular formula is C24H31NO. The summed E-state index contributed by atoms with van der Waals surface area (Å²) in [5, 5.41) is 0. The lowest BCUT2D eigenvalue weighted by Gasteiger charge is -2.25. The van der Waals surface area contributed by atoms with Crippen LogP contribution < -0.4 is 0 Å². The van der Waals surface area contributed by atoms with Crippen molar-refractivity contribution in [1.82, 2.24) is 4.90 Å². The van der Waals surface area contributed by atoms with E-state index in [1.54, 1.807) is 0 Å². The highest BCUT2D eigenvalue weighted by Gasteiger charge is 2.29. The second-order valence-corrected chi connectivity index (χ2v) is 8.22. The molecule has 1 saturated carbocycles. The fraction of sp³-hybridized carbons (Fsp3) is 0.500. The van der Waals surface area contributed by atoms with Crippen LogP contribution in [0.1, 0.15) is 48.5 Å². The highest BCUT2D eigenvalue weighted by molar-refractivity contribution is 5.31. The summed E-state index contributed by atoms with van der Waals surface area (Å²) in [6.07, 6.45) is 5.80. The average molecular weight is 350 g/mol. The number of ether oxygens (including phenoxy) is 1. The molecule has 2 aromatic carbocycles. The van der Waals surface area contributed by atoms with Crippen molar-refractivity contribution in [2.24, 2.45) is 11.8 Å². The minimum absolute atomic E-state index is 0.0282. The standard InChI is InChI=1S/C24H31NO/c1-19-7-13-23(14-8-19)24(22-5-3-2-4-6-22)26-16-15-25-17-20-9-10-21(18-25)12-11-20/h2-8,13-14,20-21,24H,9-12,15-18H2,1H3. The summed E-state index contributed by atoms with van der Waals surface area (Å²) in [5.41, 5.74) is 3.78. The van der Waals surface area contributed by atoms with E-state index < -0.39 is 0 Å². The molecule has 5 rings (SSSR count). The van der Waals surface area contributed by atoms with Gasteiger partial charge in [0, 0.05) is 19.6 Å². The molecule has 1 unspecified atom stereocenters. The Morgan fingerprint density at radius 3 is 2.04 bits per heavy atom. The lowest BCUT2D eigenvalue weighted by atomic mass is 9.84. The number of aryl methyl sites for hydroxylation is 1. The van der Waals surface area contributed by atoms with Crippen LogP contribution in [-0.4, -0.2) is 31.1 Å². The van der Waals surface area contributed by atoms with Gasteiger partial charge in [0.2, 0.25) is 0 Å². The Hall–Kier alpha value is -1.64. The van der Waals surface area contributed by atoms with E-state index in [4.69, 9.17) is 4.74 Å². The van der Waals surface area contributed by atoms with E-state index >= 15 is 0 Å². The molecule has 2 aliphatic heterocycles. The van der Waals surface area contributed by atoms with Crippen LogP contribution in [0.15, 0.2) is 54.6 Å². The topological polar surface area (TPSA) is 12.5 Å². The number of nitrogens with zero attached hydrogens (tertiary/aromatic N) is 1. The van der Waals surface area contributed by atoms with E-state index in [1.807, 2.05) is 0 Å². The summed E-state index contributed by atoms with van der Waals surface area (Å²) in [5.74, 6) is 1.85. The van der Waals surface area contributed by atoms with Gasteiger partial charge in [-0.15, -0.1) is 0 Å². The molecular weight excluding hydrogens is 318 g/mol. The Bertz CT molecular complexity index is 659. The quantitative estimate of drug-likeness (QED) is 0.708. The molecule has 26 heavy (non-hydrogen) atoms. The maximum Gasteiger partial charge on any atom is 0.108 e. The van der Waals surface area contributed by atoms with Gasteiger partial charge in [-0.05, 0) is 55.6 Å². The zero-order valence-electron chi connectivity index (χ0n) is 15.9. The molecule has 2 heterocycles. The van der Waals surface area contributed by atoms with Crippen molar-refractivity contribution in [2.75, 3.05) is 26.2 Å². The van der Waals surface area contributed by atoms with Gasteiger partial charge in [0.1, 0.15) is 6.10 Å². The maximum atomic E-state index is 6.45. The first-order valence-electron chi connectivity index (χ1n) is 10.2. The summed E-state index contributed by atoms with van der Waals surface area (Å²) in [7, 11) is 0. The van der Waals surface area contributed by atoms with Crippen LogP contribution in [0.3, 0.4) is 0 Å². The lowest BCUT2D eigenvalue weighted by Crippen LogP contribution is -2.32. The molecule has 2 heteroatoms. The minimum atomic E-state index is 0.0282. The van der Waals surface area contributed by atoms with Gasteiger partial charge in [0.15, 0.2) is 0 Å². The first-order chi connectivity index (χ1) is 12.8. The molecule has 0 spiro atoms. The van der Waals surface area contributed by atoms with Crippen molar-refractivity contribution in [3.05, 3.63) is 71.3 Å². The molecule has 0 N–H and O–H groups in total. The molecule has 2 bridgehead atoms. The highest BCUT2D eigenvalue weighted by atomic mass is 16.5. The molecule has 2 nitrogen and oxygen atoms in total. The van der Waals surface area contributed by atoms with Crippen LogP contribution in [0.4, 0.5) is 0 Å². The largest absolute Gasteiger partial charge is 0.367 e. The Labute approximate surface area is 158 Å². The smallest absolute Gasteiger partial charge is 0.108 e. The van der Waals surface area contributed by atoms with Gasteiger partial charge in [-0.1, -0.05) is 60.2 Å². The number of hydrogen-bond donors (Lipinski definition) is 0. The molecule has 2 aromatic rings. The Morgan fingerprint density at radius 2 is 1.42 bits per heavy atom. The van der Waals surface area contributed by atoms with Gasteiger partial charge in [0.25, 0.3) is 0 Å². The maximum absolute atomic E-state index is 6.45. The van der Waals surface area contributed by atoms with Crippen molar-refractivity contribution in [1.29, 1.82) is 0 Å². The average Bonchev–Trinajstić information content (AvgIpc) is 3.00. The van der Waals surface area contributed by atoms with Crippen molar-refractivity contribution in [2.45, 2.75) is 38.7 Å². The Kier molecular flexibility index (Phi) is 5.72. The number of hydrogen-bond acceptors (Lipinski definition) is 2. The van der Waals surface area contributed by atoms with Crippen LogP contribution in [0.5, 0.6) is 0 Å². The SMILES string of the molecule is Cc1ccc(C(OCCN2CC3CCC(CC3)C2)c2ccccc2)cc1. The third kappa shape index (κ3) is 4.36. The monoisotopic (exact) mass is 349 g/mol. The van der Waals surface area contributed by atoms with E-state index in [0.717, 1.165) is 25.0 Å². The van der Waals surface area contributed by atoms with Crippen LogP contribution in [0, 0.1) is 18.8 Å². The molecule has 0 radical (unpaired) electrons. The highest BCUT2D eigenvalue weighted by Crippen LogP contribution is 2.34. The molecule has 3 fully saturated rings. The Balaban J connectivity index is 1.41. The predicted molar refractivity (Wildman–Crippen MR) is 107 cm³/mol. The second-order valence-electron chi connectivity index (χ2n) is 8.22. The molecule has 2 saturated heterocycles. The molecule has 0 amide bonds. The lowest BCUT2D eigenvalue weighted by molar-refractivity contribution is 0.0577. The fourth-order valence-electron chi connectivity index (χ4n) is 4.64. The first-order valence-corrected chi connectivity index (χ1v) is 10.2. The number of fused-ring (bicyclic) bond motifs is 4. The van der Waals surface area contributed by atoms with Gasteiger partial charge in [-0.25, -0.2) is 0 Å². The van der Waals surface area contributed by atoms with Gasteiger partial charge in [-0.2, -0.15) is 0 Å². The summed E-state index contributed by atoms with van der Waals surface area (Å²) in [6.45, 7) is 6.55. The molecule has 1 aliphatic carbocycles. The van der Waals surface area contributed by atoms with Crippen LogP contribution in [0.25, 0.3) is 0 Å². The van der Waals surface area contributed by atoms with Gasteiger partial charge in [-0.3, -0.25) is 0 Å². The third-order valence-electron chi connectivity index (χ3n) is 6.17. The van der Waals surface area contributed by atoms with Gasteiger partial charge < -0.3 is 9.64 Å². The zero-order valence-corrected chi connectivity index (χ0v) is 15.9. The van der Waals surface area contributed by atoms with E-state index in [9.17, 15) is 0 Å². The third-order valence-corrected chi connectivity index (χ3v) is 6.17. The molecule has 0 aromatic heterocycles. The van der Waals surface area contributed by atoms with Gasteiger partial charge >= 0.3 is 0 Å². The molecule has 3 aliphatic rings. The summed E-state index contributed by atoms with van der Waals surface area (Å²) in [4.78, 5) is 2.66. The zero-order chi connectivity index (χ0) is 17.8. The van der Waals surface area contributed by atoms with E-state index in [2.05, 4.69) is 66.4 Å². The fourth-order valence-corrected chi connectivity index (χ4v) is 4.64. The normalized spacial score (nSPS) is 24.3. The summed E-state index contributed by atoms with van der Waals surface area (Å²) < 4.78 is 6.45. The predicted octanol–water partition coefficient (Wildman–Crippen LogP) is 5.22.